The second kappa shape index (κ2) is 10.0. The summed E-state index contributed by atoms with van der Waals surface area (Å²) >= 11 is 0. The van der Waals surface area contributed by atoms with Crippen LogP contribution in [0.25, 0.3) is 16.5 Å². The van der Waals surface area contributed by atoms with Gasteiger partial charge in [0.2, 0.25) is 0 Å². The molecule has 2 aromatic carbocycles. The summed E-state index contributed by atoms with van der Waals surface area (Å²) in [5.74, 6) is 1.38. The Bertz CT molecular complexity index is 1130. The number of pyridine rings is 1. The highest BCUT2D eigenvalue weighted by Crippen LogP contribution is 2.20. The minimum absolute atomic E-state index is 0.151. The van der Waals surface area contributed by atoms with Gasteiger partial charge in [0.05, 0.1) is 12.7 Å². The number of methoxy groups -OCH3 is 1. The van der Waals surface area contributed by atoms with Crippen molar-refractivity contribution in [3.05, 3.63) is 70.6 Å². The van der Waals surface area contributed by atoms with Gasteiger partial charge in [-0.3, -0.25) is 14.2 Å². The van der Waals surface area contributed by atoms with Crippen molar-refractivity contribution < 1.29 is 9.53 Å². The van der Waals surface area contributed by atoms with E-state index in [1.165, 1.54) is 17.4 Å². The summed E-state index contributed by atoms with van der Waals surface area (Å²) in [4.78, 5) is 28.7. The molecule has 3 aromatic rings. The lowest BCUT2D eigenvalue weighted by molar-refractivity contribution is 0.0951. The third-order valence-corrected chi connectivity index (χ3v) is 6.33. The van der Waals surface area contributed by atoms with E-state index in [4.69, 9.17) is 4.74 Å². The van der Waals surface area contributed by atoms with Crippen molar-refractivity contribution in [3.63, 3.8) is 0 Å². The Morgan fingerprint density at radius 3 is 2.44 bits per heavy atom. The first-order valence-electron chi connectivity index (χ1n) is 11.4. The van der Waals surface area contributed by atoms with Crippen molar-refractivity contribution in [2.24, 2.45) is 5.92 Å². The summed E-state index contributed by atoms with van der Waals surface area (Å²) in [7, 11) is 1.60. The van der Waals surface area contributed by atoms with Gasteiger partial charge in [-0.05, 0) is 75.1 Å². The van der Waals surface area contributed by atoms with Crippen LogP contribution < -0.4 is 15.6 Å². The zero-order valence-corrected chi connectivity index (χ0v) is 18.8. The SMILES string of the molecule is COc1ccc(-n2cc(C(=O)NCCCN3CCC(C)CC3)c3ccccc3c2=O)cc1. The van der Waals surface area contributed by atoms with E-state index in [2.05, 4.69) is 17.1 Å². The maximum Gasteiger partial charge on any atom is 0.262 e. The van der Waals surface area contributed by atoms with Gasteiger partial charge in [-0.1, -0.05) is 25.1 Å². The van der Waals surface area contributed by atoms with E-state index in [1.54, 1.807) is 31.5 Å². The van der Waals surface area contributed by atoms with Crippen LogP contribution in [0.4, 0.5) is 0 Å². The molecule has 168 valence electrons. The van der Waals surface area contributed by atoms with Gasteiger partial charge >= 0.3 is 0 Å². The molecule has 1 fully saturated rings. The van der Waals surface area contributed by atoms with Gasteiger partial charge < -0.3 is 15.0 Å². The van der Waals surface area contributed by atoms with E-state index >= 15 is 0 Å². The zero-order valence-electron chi connectivity index (χ0n) is 18.8. The van der Waals surface area contributed by atoms with Crippen molar-refractivity contribution in [1.29, 1.82) is 0 Å². The number of ether oxygens (including phenoxy) is 1. The van der Waals surface area contributed by atoms with Gasteiger partial charge in [-0.25, -0.2) is 0 Å². The number of fused-ring (bicyclic) bond motifs is 1. The van der Waals surface area contributed by atoms with Crippen LogP contribution in [-0.4, -0.2) is 48.7 Å². The number of likely N-dealkylation sites (tertiary alicyclic amines) is 1. The first kappa shape index (κ1) is 22.1. The number of piperidine rings is 1. The Labute approximate surface area is 188 Å². The van der Waals surface area contributed by atoms with E-state index in [-0.39, 0.29) is 11.5 Å². The molecule has 0 bridgehead atoms. The number of hydrogen-bond donors (Lipinski definition) is 1. The van der Waals surface area contributed by atoms with Gasteiger partial charge in [-0.15, -0.1) is 0 Å². The first-order chi connectivity index (χ1) is 15.6. The molecule has 0 spiro atoms. The van der Waals surface area contributed by atoms with Crippen LogP contribution >= 0.6 is 0 Å². The molecule has 6 heteroatoms. The molecule has 0 radical (unpaired) electrons. The van der Waals surface area contributed by atoms with Gasteiger partial charge in [0.25, 0.3) is 11.5 Å². The monoisotopic (exact) mass is 433 g/mol. The largest absolute Gasteiger partial charge is 0.497 e. The maximum absolute atomic E-state index is 13.1. The molecule has 0 saturated carbocycles. The van der Waals surface area contributed by atoms with Crippen molar-refractivity contribution in [3.8, 4) is 11.4 Å². The van der Waals surface area contributed by atoms with E-state index in [0.29, 0.717) is 34.3 Å². The molecule has 1 saturated heterocycles. The summed E-state index contributed by atoms with van der Waals surface area (Å²) in [6.07, 6.45) is 5.07. The number of nitrogens with one attached hydrogen (secondary N) is 1. The third kappa shape index (κ3) is 4.86. The highest BCUT2D eigenvalue weighted by molar-refractivity contribution is 6.06. The average Bonchev–Trinajstić information content (AvgIpc) is 2.83. The number of hydrogen-bond acceptors (Lipinski definition) is 4. The topological polar surface area (TPSA) is 63.6 Å². The van der Waals surface area contributed by atoms with Crippen molar-refractivity contribution in [2.75, 3.05) is 33.3 Å². The van der Waals surface area contributed by atoms with Crippen LogP contribution in [0, 0.1) is 5.92 Å². The van der Waals surface area contributed by atoms with Gasteiger partial charge in [0.1, 0.15) is 5.75 Å². The molecule has 6 nitrogen and oxygen atoms in total. The fraction of sp³-hybridized carbons (Fsp3) is 0.385. The van der Waals surface area contributed by atoms with E-state index in [9.17, 15) is 9.59 Å². The number of rotatable bonds is 7. The van der Waals surface area contributed by atoms with E-state index < -0.39 is 0 Å². The van der Waals surface area contributed by atoms with Crippen LogP contribution in [0.1, 0.15) is 36.5 Å². The molecule has 1 aromatic heterocycles. The molecule has 0 aliphatic carbocycles. The number of nitrogens with zero attached hydrogens (tertiary/aromatic N) is 2. The van der Waals surface area contributed by atoms with Crippen LogP contribution in [0.15, 0.2) is 59.5 Å². The second-order valence-electron chi connectivity index (χ2n) is 8.60. The molecule has 1 amide bonds. The van der Waals surface area contributed by atoms with Gasteiger partial charge in [0, 0.05) is 29.2 Å². The normalized spacial score (nSPS) is 15.1. The molecule has 0 unspecified atom stereocenters. The molecule has 32 heavy (non-hydrogen) atoms. The zero-order chi connectivity index (χ0) is 22.5. The number of aromatic nitrogens is 1. The third-order valence-electron chi connectivity index (χ3n) is 6.33. The Morgan fingerprint density at radius 1 is 1.06 bits per heavy atom. The fourth-order valence-electron chi connectivity index (χ4n) is 4.29. The highest BCUT2D eigenvalue weighted by Gasteiger charge is 2.17. The quantitative estimate of drug-likeness (QED) is 0.575. The van der Waals surface area contributed by atoms with Crippen LogP contribution in [0.5, 0.6) is 5.75 Å². The highest BCUT2D eigenvalue weighted by atomic mass is 16.5. The lowest BCUT2D eigenvalue weighted by Crippen LogP contribution is -2.35. The molecule has 0 atom stereocenters. The van der Waals surface area contributed by atoms with Crippen LogP contribution in [0.2, 0.25) is 0 Å². The summed E-state index contributed by atoms with van der Waals surface area (Å²) in [5.41, 5.74) is 1.04. The predicted octanol–water partition coefficient (Wildman–Crippen LogP) is 3.85. The number of benzene rings is 2. The molecule has 4 rings (SSSR count). The molecular formula is C26H31N3O3. The lowest BCUT2D eigenvalue weighted by atomic mass is 9.99. The average molecular weight is 434 g/mol. The molecule has 1 aliphatic rings. The first-order valence-corrected chi connectivity index (χ1v) is 11.4. The van der Waals surface area contributed by atoms with Gasteiger partial charge in [-0.2, -0.15) is 0 Å². The fourth-order valence-corrected chi connectivity index (χ4v) is 4.29. The summed E-state index contributed by atoms with van der Waals surface area (Å²) in [5, 5.41) is 4.25. The summed E-state index contributed by atoms with van der Waals surface area (Å²) in [6, 6.07) is 14.5. The van der Waals surface area contributed by atoms with Gasteiger partial charge in [0.15, 0.2) is 0 Å². The molecule has 1 N–H and O–H groups in total. The molecule has 1 aliphatic heterocycles. The van der Waals surface area contributed by atoms with Crippen molar-refractivity contribution in [2.45, 2.75) is 26.2 Å². The van der Waals surface area contributed by atoms with Crippen molar-refractivity contribution in [1.82, 2.24) is 14.8 Å². The minimum atomic E-state index is -0.157. The standard InChI is InChI=1S/C26H31N3O3/c1-19-12-16-28(17-13-19)15-5-14-27-25(30)24-18-29(20-8-10-21(32-2)11-9-20)26(31)23-7-4-3-6-22(23)24/h3-4,6-11,18-19H,5,12-17H2,1-2H3,(H,27,30). The number of carbonyl (C=O) groups excluding carboxylic acids is 1. The number of amides is 1. The van der Waals surface area contributed by atoms with E-state index in [0.717, 1.165) is 32.0 Å². The van der Waals surface area contributed by atoms with E-state index in [1.807, 2.05) is 30.3 Å². The number of carbonyl (C=O) groups is 1. The van der Waals surface area contributed by atoms with Crippen LogP contribution in [0.3, 0.4) is 0 Å². The maximum atomic E-state index is 13.1. The Kier molecular flexibility index (Phi) is 6.90. The van der Waals surface area contributed by atoms with Crippen molar-refractivity contribution >= 4 is 16.7 Å². The Balaban J connectivity index is 1.52. The smallest absolute Gasteiger partial charge is 0.262 e. The second-order valence-corrected chi connectivity index (χ2v) is 8.60. The molecular weight excluding hydrogens is 402 g/mol. The Morgan fingerprint density at radius 2 is 1.75 bits per heavy atom. The predicted molar refractivity (Wildman–Crippen MR) is 128 cm³/mol. The minimum Gasteiger partial charge on any atom is -0.497 e. The summed E-state index contributed by atoms with van der Waals surface area (Å²) < 4.78 is 6.75. The summed E-state index contributed by atoms with van der Waals surface area (Å²) in [6.45, 7) is 6.21. The molecule has 2 heterocycles. The Hall–Kier alpha value is -3.12. The lowest BCUT2D eigenvalue weighted by Gasteiger charge is -2.30. The van der Waals surface area contributed by atoms with Crippen LogP contribution in [-0.2, 0) is 0 Å².